The third kappa shape index (κ3) is 2.11. The predicted molar refractivity (Wildman–Crippen MR) is 72.9 cm³/mol. The van der Waals surface area contributed by atoms with Crippen LogP contribution in [0.25, 0.3) is 0 Å². The lowest BCUT2D eigenvalue weighted by Gasteiger charge is -2.31. The monoisotopic (exact) mass is 270 g/mol. The molecule has 104 valence electrons. The summed E-state index contributed by atoms with van der Waals surface area (Å²) in [6, 6.07) is 7.80. The van der Waals surface area contributed by atoms with Gasteiger partial charge in [0, 0.05) is 24.1 Å². The van der Waals surface area contributed by atoms with Gasteiger partial charge in [-0.1, -0.05) is 30.4 Å². The number of hydrogen-bond donors (Lipinski definition) is 0. The first-order chi connectivity index (χ1) is 9.68. The van der Waals surface area contributed by atoms with Crippen molar-refractivity contribution in [3.8, 4) is 0 Å². The number of carbonyl (C=O) groups is 2. The number of carboxylic acid groups (broad SMARTS) is 1. The second-order valence-corrected chi connectivity index (χ2v) is 5.34. The number of nitrogens with zero attached hydrogens (tertiary/aromatic N) is 1. The molecule has 0 spiro atoms. The second-order valence-electron chi connectivity index (χ2n) is 5.34. The lowest BCUT2D eigenvalue weighted by molar-refractivity contribution is -0.313. The summed E-state index contributed by atoms with van der Waals surface area (Å²) in [6.45, 7) is 0.637. The molecular weight excluding hydrogens is 254 g/mol. The topological polar surface area (TPSA) is 60.4 Å². The third-order valence-corrected chi connectivity index (χ3v) is 4.21. The molecule has 1 aliphatic heterocycles. The summed E-state index contributed by atoms with van der Waals surface area (Å²) >= 11 is 0. The average Bonchev–Trinajstić information content (AvgIpc) is 2.90. The first-order valence-corrected chi connectivity index (χ1v) is 6.93. The van der Waals surface area contributed by atoms with Crippen LogP contribution in [-0.2, 0) is 16.0 Å². The van der Waals surface area contributed by atoms with Crippen molar-refractivity contribution in [1.29, 1.82) is 0 Å². The summed E-state index contributed by atoms with van der Waals surface area (Å²) in [6.07, 6.45) is 5.41. The number of allylic oxidation sites excluding steroid dienone is 2. The van der Waals surface area contributed by atoms with Crippen LogP contribution in [-0.4, -0.2) is 18.4 Å². The van der Waals surface area contributed by atoms with Crippen LogP contribution in [0, 0.1) is 11.8 Å². The fourth-order valence-corrected chi connectivity index (χ4v) is 3.11. The van der Waals surface area contributed by atoms with Crippen molar-refractivity contribution in [2.75, 3.05) is 11.4 Å². The Balaban J connectivity index is 1.86. The van der Waals surface area contributed by atoms with Gasteiger partial charge in [0.1, 0.15) is 0 Å². The van der Waals surface area contributed by atoms with Gasteiger partial charge in [-0.2, -0.15) is 0 Å². The predicted octanol–water partition coefficient (Wildman–Crippen LogP) is 0.908. The van der Waals surface area contributed by atoms with Crippen LogP contribution >= 0.6 is 0 Å². The molecule has 1 aromatic rings. The molecule has 3 rings (SSSR count). The molecule has 1 heterocycles. The molecule has 0 N–H and O–H groups in total. The number of aliphatic carboxylic acids is 1. The van der Waals surface area contributed by atoms with Crippen LogP contribution in [0.1, 0.15) is 18.4 Å². The number of anilines is 1. The standard InChI is InChI=1S/C16H17NO3/c18-15(12-6-2-3-7-13(12)16(19)20)17-10-9-11-5-1-4-8-14(11)17/h1-5,8,12-13H,6-7,9-10H2,(H,19,20)/p-1/t12-,13+/m1/s1. The highest BCUT2D eigenvalue weighted by Gasteiger charge is 2.35. The number of benzene rings is 1. The number of amides is 1. The van der Waals surface area contributed by atoms with Gasteiger partial charge in [-0.05, 0) is 30.9 Å². The Morgan fingerprint density at radius 1 is 1.10 bits per heavy atom. The van der Waals surface area contributed by atoms with Gasteiger partial charge < -0.3 is 14.8 Å². The molecule has 4 nitrogen and oxygen atoms in total. The van der Waals surface area contributed by atoms with E-state index in [1.165, 1.54) is 0 Å². The van der Waals surface area contributed by atoms with E-state index in [1.807, 2.05) is 36.4 Å². The molecule has 1 aromatic carbocycles. The van der Waals surface area contributed by atoms with E-state index >= 15 is 0 Å². The Morgan fingerprint density at radius 2 is 1.80 bits per heavy atom. The SMILES string of the molecule is O=C([O-])[C@H]1CC=CC[C@H]1C(=O)N1CCc2ccccc21. The van der Waals surface area contributed by atoms with Crippen LogP contribution in [0.3, 0.4) is 0 Å². The van der Waals surface area contributed by atoms with Crippen LogP contribution < -0.4 is 10.0 Å². The smallest absolute Gasteiger partial charge is 0.231 e. The van der Waals surface area contributed by atoms with E-state index in [9.17, 15) is 14.7 Å². The molecule has 0 unspecified atom stereocenters. The highest BCUT2D eigenvalue weighted by atomic mass is 16.4. The molecule has 2 atom stereocenters. The molecule has 0 bridgehead atoms. The minimum Gasteiger partial charge on any atom is -0.550 e. The van der Waals surface area contributed by atoms with Crippen molar-refractivity contribution < 1.29 is 14.7 Å². The zero-order chi connectivity index (χ0) is 14.1. The Morgan fingerprint density at radius 3 is 2.55 bits per heavy atom. The van der Waals surface area contributed by atoms with Gasteiger partial charge in [0.05, 0.1) is 5.92 Å². The van der Waals surface area contributed by atoms with E-state index in [4.69, 9.17) is 0 Å². The number of para-hydroxylation sites is 1. The minimum atomic E-state index is -1.12. The summed E-state index contributed by atoms with van der Waals surface area (Å²) in [7, 11) is 0. The number of hydrogen-bond acceptors (Lipinski definition) is 3. The first kappa shape index (κ1) is 12.9. The summed E-state index contributed by atoms with van der Waals surface area (Å²) in [5, 5.41) is 11.2. The molecule has 4 heteroatoms. The van der Waals surface area contributed by atoms with Crippen molar-refractivity contribution in [3.63, 3.8) is 0 Å². The summed E-state index contributed by atoms with van der Waals surface area (Å²) in [5.41, 5.74) is 2.07. The van der Waals surface area contributed by atoms with Crippen molar-refractivity contribution in [1.82, 2.24) is 0 Å². The van der Waals surface area contributed by atoms with Crippen molar-refractivity contribution in [2.24, 2.45) is 11.8 Å². The maximum Gasteiger partial charge on any atom is 0.231 e. The van der Waals surface area contributed by atoms with Gasteiger partial charge in [-0.3, -0.25) is 4.79 Å². The number of rotatable bonds is 2. The van der Waals surface area contributed by atoms with E-state index in [0.29, 0.717) is 19.4 Å². The van der Waals surface area contributed by atoms with Gasteiger partial charge >= 0.3 is 0 Å². The van der Waals surface area contributed by atoms with Crippen LogP contribution in [0.2, 0.25) is 0 Å². The Labute approximate surface area is 117 Å². The fourth-order valence-electron chi connectivity index (χ4n) is 3.11. The van der Waals surface area contributed by atoms with Gasteiger partial charge in [-0.15, -0.1) is 0 Å². The zero-order valence-electron chi connectivity index (χ0n) is 11.1. The molecule has 0 aromatic heterocycles. The summed E-state index contributed by atoms with van der Waals surface area (Å²) < 4.78 is 0. The largest absolute Gasteiger partial charge is 0.550 e. The number of carboxylic acids is 1. The first-order valence-electron chi connectivity index (χ1n) is 6.93. The van der Waals surface area contributed by atoms with E-state index in [2.05, 4.69) is 0 Å². The maximum absolute atomic E-state index is 12.7. The molecule has 0 saturated carbocycles. The van der Waals surface area contributed by atoms with Crippen molar-refractivity contribution >= 4 is 17.6 Å². The molecule has 0 saturated heterocycles. The fraction of sp³-hybridized carbons (Fsp3) is 0.375. The van der Waals surface area contributed by atoms with Gasteiger partial charge in [0.2, 0.25) is 5.91 Å². The quantitative estimate of drug-likeness (QED) is 0.750. The van der Waals surface area contributed by atoms with E-state index < -0.39 is 17.8 Å². The van der Waals surface area contributed by atoms with E-state index in [-0.39, 0.29) is 5.91 Å². The Hall–Kier alpha value is -2.10. The minimum absolute atomic E-state index is 0.0894. The molecule has 0 radical (unpaired) electrons. The van der Waals surface area contributed by atoms with Gasteiger partial charge in [0.25, 0.3) is 0 Å². The van der Waals surface area contributed by atoms with Gasteiger partial charge in [0.15, 0.2) is 0 Å². The van der Waals surface area contributed by atoms with Crippen molar-refractivity contribution in [2.45, 2.75) is 19.3 Å². The maximum atomic E-state index is 12.7. The molecule has 0 fully saturated rings. The Kier molecular flexibility index (Phi) is 3.30. The Bertz CT molecular complexity index is 579. The zero-order valence-corrected chi connectivity index (χ0v) is 11.1. The van der Waals surface area contributed by atoms with E-state index in [0.717, 1.165) is 17.7 Å². The van der Waals surface area contributed by atoms with E-state index in [1.54, 1.807) is 4.90 Å². The molecule has 1 aliphatic carbocycles. The lowest BCUT2D eigenvalue weighted by atomic mass is 9.82. The number of fused-ring (bicyclic) bond motifs is 1. The highest BCUT2D eigenvalue weighted by Crippen LogP contribution is 2.33. The number of carbonyl (C=O) groups excluding carboxylic acids is 2. The van der Waals surface area contributed by atoms with Gasteiger partial charge in [-0.25, -0.2) is 0 Å². The second kappa shape index (κ2) is 5.12. The molecule has 20 heavy (non-hydrogen) atoms. The summed E-state index contributed by atoms with van der Waals surface area (Å²) in [4.78, 5) is 25.6. The molecular formula is C16H16NO3-. The highest BCUT2D eigenvalue weighted by molar-refractivity contribution is 5.99. The van der Waals surface area contributed by atoms with Crippen LogP contribution in [0.4, 0.5) is 5.69 Å². The lowest BCUT2D eigenvalue weighted by Crippen LogP contribution is -2.45. The third-order valence-electron chi connectivity index (χ3n) is 4.21. The molecule has 2 aliphatic rings. The van der Waals surface area contributed by atoms with Crippen LogP contribution in [0.15, 0.2) is 36.4 Å². The molecule has 1 amide bonds. The summed E-state index contributed by atoms with van der Waals surface area (Å²) in [5.74, 6) is -2.43. The average molecular weight is 270 g/mol. The van der Waals surface area contributed by atoms with Crippen LogP contribution in [0.5, 0.6) is 0 Å². The normalized spacial score (nSPS) is 24.5. The van der Waals surface area contributed by atoms with Crippen molar-refractivity contribution in [3.05, 3.63) is 42.0 Å².